The molecule has 0 unspecified atom stereocenters. The number of Topliss-reactive ketones (excluding diaryl/α,β-unsaturated/α-hetero) is 1. The van der Waals surface area contributed by atoms with Gasteiger partial charge in [0.2, 0.25) is 0 Å². The minimum Gasteiger partial charge on any atom is -0.468 e. The summed E-state index contributed by atoms with van der Waals surface area (Å²) in [5.74, 6) is -1.06. The monoisotopic (exact) mass is 327 g/mol. The third-order valence-corrected chi connectivity index (χ3v) is 10.3. The van der Waals surface area contributed by atoms with Gasteiger partial charge in [-0.2, -0.15) is 0 Å². The van der Waals surface area contributed by atoms with Gasteiger partial charge in [-0.1, -0.05) is 20.8 Å². The second-order valence-electron chi connectivity index (χ2n) is 8.12. The normalized spacial score (nSPS) is 33.1. The highest BCUT2D eigenvalue weighted by atomic mass is 28.4. The minimum atomic E-state index is -1.89. The molecular formula is C16H29NO4Si. The standard InChI is InChI=1S/C16H29NO4Si/c1-16(2,3)22(6,7)21-13-9-11-14(15(19)20-5)12(18)8-10(13)17(11)4/h10-11,13-14H,8-9H2,1-7H3/t10-,11-,13+,14-/m1/s1. The van der Waals surface area contributed by atoms with Crippen molar-refractivity contribution in [3.63, 3.8) is 0 Å². The highest BCUT2D eigenvalue weighted by molar-refractivity contribution is 6.74. The van der Waals surface area contributed by atoms with Crippen LogP contribution >= 0.6 is 0 Å². The van der Waals surface area contributed by atoms with Crippen molar-refractivity contribution >= 4 is 20.1 Å². The average molecular weight is 327 g/mol. The Morgan fingerprint density at radius 2 is 1.86 bits per heavy atom. The van der Waals surface area contributed by atoms with Crippen LogP contribution in [0.4, 0.5) is 0 Å². The van der Waals surface area contributed by atoms with Gasteiger partial charge in [0, 0.05) is 18.5 Å². The molecule has 2 saturated heterocycles. The average Bonchev–Trinajstić information content (AvgIpc) is 2.57. The number of esters is 1. The summed E-state index contributed by atoms with van der Waals surface area (Å²) < 4.78 is 11.4. The molecule has 2 fully saturated rings. The topological polar surface area (TPSA) is 55.8 Å². The minimum absolute atomic E-state index is 0.00119. The maximum Gasteiger partial charge on any atom is 0.317 e. The summed E-state index contributed by atoms with van der Waals surface area (Å²) in [5, 5.41) is 0.133. The van der Waals surface area contributed by atoms with E-state index in [0.717, 1.165) is 6.42 Å². The van der Waals surface area contributed by atoms with Crippen molar-refractivity contribution in [1.29, 1.82) is 0 Å². The van der Waals surface area contributed by atoms with Gasteiger partial charge in [0.1, 0.15) is 11.7 Å². The summed E-state index contributed by atoms with van der Waals surface area (Å²) in [6.07, 6.45) is 1.15. The lowest BCUT2D eigenvalue weighted by molar-refractivity contribution is -0.154. The Hall–Kier alpha value is -0.723. The smallest absolute Gasteiger partial charge is 0.317 e. The first kappa shape index (κ1) is 17.6. The van der Waals surface area contributed by atoms with E-state index in [1.54, 1.807) is 0 Å². The van der Waals surface area contributed by atoms with Gasteiger partial charge in [-0.25, -0.2) is 0 Å². The number of ether oxygens (including phenoxy) is 1. The van der Waals surface area contributed by atoms with E-state index < -0.39 is 20.2 Å². The lowest BCUT2D eigenvalue weighted by Gasteiger charge is -2.40. The number of fused-ring (bicyclic) bond motifs is 2. The van der Waals surface area contributed by atoms with Crippen LogP contribution in [-0.2, 0) is 18.8 Å². The van der Waals surface area contributed by atoms with Crippen LogP contribution in [0.2, 0.25) is 18.1 Å². The molecule has 0 amide bonds. The summed E-state index contributed by atoms with van der Waals surface area (Å²) in [7, 11) is 1.45. The number of carbonyl (C=O) groups is 2. The highest BCUT2D eigenvalue weighted by Crippen LogP contribution is 2.43. The Morgan fingerprint density at radius 1 is 1.27 bits per heavy atom. The highest BCUT2D eigenvalue weighted by Gasteiger charge is 2.55. The molecule has 2 rings (SSSR count). The molecule has 2 bridgehead atoms. The molecule has 2 aliphatic heterocycles. The molecule has 0 radical (unpaired) electrons. The van der Waals surface area contributed by atoms with Gasteiger partial charge in [0.15, 0.2) is 8.32 Å². The second kappa shape index (κ2) is 5.73. The fourth-order valence-electron chi connectivity index (χ4n) is 3.36. The summed E-state index contributed by atoms with van der Waals surface area (Å²) in [6.45, 7) is 11.1. The van der Waals surface area contributed by atoms with Crippen molar-refractivity contribution in [3.05, 3.63) is 0 Å². The van der Waals surface area contributed by atoms with Crippen molar-refractivity contribution in [1.82, 2.24) is 4.90 Å². The molecule has 0 aromatic carbocycles. The first-order chi connectivity index (χ1) is 9.99. The zero-order valence-corrected chi connectivity index (χ0v) is 15.8. The second-order valence-corrected chi connectivity index (χ2v) is 12.9. The summed E-state index contributed by atoms with van der Waals surface area (Å²) in [5.41, 5.74) is 0. The Kier molecular flexibility index (Phi) is 4.59. The van der Waals surface area contributed by atoms with E-state index in [-0.39, 0.29) is 29.0 Å². The van der Waals surface area contributed by atoms with E-state index in [0.29, 0.717) is 6.42 Å². The van der Waals surface area contributed by atoms with Crippen molar-refractivity contribution in [3.8, 4) is 0 Å². The summed E-state index contributed by atoms with van der Waals surface area (Å²) in [4.78, 5) is 26.5. The number of carbonyl (C=O) groups excluding carboxylic acids is 2. The lowest BCUT2D eigenvalue weighted by atomic mass is 9.89. The Morgan fingerprint density at radius 3 is 2.36 bits per heavy atom. The van der Waals surface area contributed by atoms with Crippen molar-refractivity contribution in [2.45, 2.75) is 69.9 Å². The van der Waals surface area contributed by atoms with E-state index in [9.17, 15) is 9.59 Å². The number of rotatable bonds is 3. The van der Waals surface area contributed by atoms with Gasteiger partial charge in [-0.3, -0.25) is 14.5 Å². The molecule has 0 N–H and O–H groups in total. The van der Waals surface area contributed by atoms with Crippen LogP contribution in [0.5, 0.6) is 0 Å². The Labute approximate surface area is 134 Å². The zero-order chi connectivity index (χ0) is 16.9. The maximum atomic E-state index is 12.3. The van der Waals surface area contributed by atoms with Crippen molar-refractivity contribution < 1.29 is 18.8 Å². The first-order valence-electron chi connectivity index (χ1n) is 8.00. The van der Waals surface area contributed by atoms with Crippen LogP contribution < -0.4 is 0 Å². The Balaban J connectivity index is 2.20. The third-order valence-electron chi connectivity index (χ3n) is 5.80. The molecule has 0 aliphatic carbocycles. The molecule has 4 atom stereocenters. The molecule has 0 saturated carbocycles. The van der Waals surface area contributed by atoms with Gasteiger partial charge >= 0.3 is 5.97 Å². The summed E-state index contributed by atoms with van der Waals surface area (Å²) >= 11 is 0. The predicted molar refractivity (Wildman–Crippen MR) is 87.2 cm³/mol. The van der Waals surface area contributed by atoms with Crippen LogP contribution in [0, 0.1) is 5.92 Å². The van der Waals surface area contributed by atoms with Gasteiger partial charge in [-0.05, 0) is 31.6 Å². The van der Waals surface area contributed by atoms with Gasteiger partial charge in [-0.15, -0.1) is 0 Å². The fraction of sp³-hybridized carbons (Fsp3) is 0.875. The van der Waals surface area contributed by atoms with Crippen LogP contribution in [0.25, 0.3) is 0 Å². The molecule has 0 spiro atoms. The molecule has 126 valence electrons. The number of likely N-dealkylation sites (N-methyl/N-ethyl adjacent to an activating group) is 1. The summed E-state index contributed by atoms with van der Waals surface area (Å²) in [6, 6.07) is 0.000925. The number of piperidine rings is 1. The maximum absolute atomic E-state index is 12.3. The predicted octanol–water partition coefficient (Wildman–Crippen LogP) is 2.21. The number of hydrogen-bond donors (Lipinski definition) is 0. The molecule has 22 heavy (non-hydrogen) atoms. The van der Waals surface area contributed by atoms with Crippen molar-refractivity contribution in [2.24, 2.45) is 5.92 Å². The molecule has 0 aromatic rings. The Bertz CT molecular complexity index is 471. The fourth-order valence-corrected chi connectivity index (χ4v) is 4.72. The first-order valence-corrected chi connectivity index (χ1v) is 10.9. The molecular weight excluding hydrogens is 298 g/mol. The number of hydrogen-bond acceptors (Lipinski definition) is 5. The SMILES string of the molecule is COC(=O)[C@H]1C(=O)C[C@@H]2[C@@H](O[Si](C)(C)C(C)(C)C)C[C@H]1N2C. The van der Waals surface area contributed by atoms with Gasteiger partial charge in [0.25, 0.3) is 0 Å². The zero-order valence-electron chi connectivity index (χ0n) is 14.8. The van der Waals surface area contributed by atoms with Crippen LogP contribution in [-0.4, -0.2) is 57.3 Å². The lowest BCUT2D eigenvalue weighted by Crippen LogP contribution is -2.52. The van der Waals surface area contributed by atoms with E-state index in [1.165, 1.54) is 7.11 Å². The third kappa shape index (κ3) is 2.88. The largest absolute Gasteiger partial charge is 0.468 e. The number of methoxy groups -OCH3 is 1. The number of nitrogens with zero attached hydrogens (tertiary/aromatic N) is 1. The molecule has 2 aliphatic rings. The van der Waals surface area contributed by atoms with Gasteiger partial charge in [0.05, 0.1) is 13.2 Å². The van der Waals surface area contributed by atoms with Crippen LogP contribution in [0.3, 0.4) is 0 Å². The van der Waals surface area contributed by atoms with Crippen LogP contribution in [0.1, 0.15) is 33.6 Å². The van der Waals surface area contributed by atoms with E-state index in [1.807, 2.05) is 7.05 Å². The number of ketones is 1. The quantitative estimate of drug-likeness (QED) is 0.452. The van der Waals surface area contributed by atoms with E-state index in [2.05, 4.69) is 38.8 Å². The van der Waals surface area contributed by atoms with Gasteiger partial charge < -0.3 is 9.16 Å². The molecule has 2 heterocycles. The van der Waals surface area contributed by atoms with Crippen LogP contribution in [0.15, 0.2) is 0 Å². The van der Waals surface area contributed by atoms with Crippen molar-refractivity contribution in [2.75, 3.05) is 14.2 Å². The molecule has 5 nitrogen and oxygen atoms in total. The van der Waals surface area contributed by atoms with E-state index in [4.69, 9.17) is 9.16 Å². The van der Waals surface area contributed by atoms with E-state index >= 15 is 0 Å². The molecule has 0 aromatic heterocycles. The molecule has 6 heteroatoms.